The third kappa shape index (κ3) is 3.51. The van der Waals surface area contributed by atoms with Gasteiger partial charge in [-0.15, -0.1) is 0 Å². The lowest BCUT2D eigenvalue weighted by molar-refractivity contribution is 0.0533. The highest BCUT2D eigenvalue weighted by Crippen LogP contribution is 2.15. The van der Waals surface area contributed by atoms with Gasteiger partial charge in [-0.05, 0) is 51.6 Å². The van der Waals surface area contributed by atoms with Crippen LogP contribution in [0.4, 0.5) is 0 Å². The molecule has 0 saturated carbocycles. The molecule has 0 aliphatic carbocycles. The van der Waals surface area contributed by atoms with E-state index >= 15 is 0 Å². The van der Waals surface area contributed by atoms with Crippen LogP contribution in [0.2, 0.25) is 0 Å². The fraction of sp³-hybridized carbons (Fsp3) is 0.474. The quantitative estimate of drug-likeness (QED) is 0.869. The van der Waals surface area contributed by atoms with Gasteiger partial charge in [0, 0.05) is 36.9 Å². The van der Waals surface area contributed by atoms with Crippen molar-refractivity contribution in [1.82, 2.24) is 19.6 Å². The number of hydrogen-bond acceptors (Lipinski definition) is 3. The molecule has 24 heavy (non-hydrogen) atoms. The zero-order valence-electron chi connectivity index (χ0n) is 15.0. The van der Waals surface area contributed by atoms with E-state index in [1.165, 1.54) is 0 Å². The van der Waals surface area contributed by atoms with Gasteiger partial charge in [0.2, 0.25) is 0 Å². The van der Waals surface area contributed by atoms with Crippen molar-refractivity contribution in [2.45, 2.75) is 33.4 Å². The first-order valence-electron chi connectivity index (χ1n) is 8.53. The van der Waals surface area contributed by atoms with Crippen LogP contribution in [-0.2, 0) is 6.54 Å². The van der Waals surface area contributed by atoms with Crippen LogP contribution in [-0.4, -0.2) is 58.2 Å². The van der Waals surface area contributed by atoms with Crippen LogP contribution in [0.1, 0.15) is 34.2 Å². The van der Waals surface area contributed by atoms with E-state index in [2.05, 4.69) is 43.0 Å². The summed E-state index contributed by atoms with van der Waals surface area (Å²) in [6, 6.07) is 10.3. The topological polar surface area (TPSA) is 41.4 Å². The lowest BCUT2D eigenvalue weighted by Gasteiger charge is -2.38. The number of piperazine rings is 1. The summed E-state index contributed by atoms with van der Waals surface area (Å²) in [5.41, 5.74) is 4.03. The van der Waals surface area contributed by atoms with E-state index in [0.717, 1.165) is 42.1 Å². The van der Waals surface area contributed by atoms with Crippen molar-refractivity contribution in [2.75, 3.05) is 26.7 Å². The molecule has 1 aliphatic rings. The zero-order chi connectivity index (χ0) is 17.3. The number of aromatic nitrogens is 2. The summed E-state index contributed by atoms with van der Waals surface area (Å²) >= 11 is 0. The average Bonchev–Trinajstić information content (AvgIpc) is 2.84. The molecule has 0 N–H and O–H groups in total. The Morgan fingerprint density at radius 3 is 2.71 bits per heavy atom. The molecule has 0 spiro atoms. The third-order valence-corrected chi connectivity index (χ3v) is 4.70. The molecule has 0 unspecified atom stereocenters. The maximum Gasteiger partial charge on any atom is 0.254 e. The van der Waals surface area contributed by atoms with Crippen LogP contribution in [0.3, 0.4) is 0 Å². The first-order chi connectivity index (χ1) is 11.4. The SMILES string of the molecule is Cc1cc(C)n(Cc2cccc(C(=O)N3CCN(C)C[C@@H]3C)c2)n1. The summed E-state index contributed by atoms with van der Waals surface area (Å²) in [6.07, 6.45) is 0. The minimum absolute atomic E-state index is 0.130. The molecular formula is C19H26N4O. The van der Waals surface area contributed by atoms with Crippen molar-refractivity contribution in [3.8, 4) is 0 Å². The predicted octanol–water partition coefficient (Wildman–Crippen LogP) is 2.32. The number of carbonyl (C=O) groups excluding carboxylic acids is 1. The number of aryl methyl sites for hydroxylation is 2. The molecule has 1 amide bonds. The Balaban J connectivity index is 1.77. The minimum atomic E-state index is 0.130. The van der Waals surface area contributed by atoms with Gasteiger partial charge in [0.05, 0.1) is 12.2 Å². The lowest BCUT2D eigenvalue weighted by Crippen LogP contribution is -2.52. The summed E-state index contributed by atoms with van der Waals surface area (Å²) in [6.45, 7) is 9.52. The van der Waals surface area contributed by atoms with Gasteiger partial charge >= 0.3 is 0 Å². The second-order valence-corrected chi connectivity index (χ2v) is 6.89. The number of rotatable bonds is 3. The smallest absolute Gasteiger partial charge is 0.254 e. The van der Waals surface area contributed by atoms with Crippen molar-refractivity contribution in [3.63, 3.8) is 0 Å². The van der Waals surface area contributed by atoms with Crippen molar-refractivity contribution >= 4 is 5.91 Å². The van der Waals surface area contributed by atoms with Gasteiger partial charge < -0.3 is 9.80 Å². The fourth-order valence-electron chi connectivity index (χ4n) is 3.42. The summed E-state index contributed by atoms with van der Waals surface area (Å²) in [4.78, 5) is 17.1. The van der Waals surface area contributed by atoms with Gasteiger partial charge in [0.1, 0.15) is 0 Å². The Morgan fingerprint density at radius 1 is 1.25 bits per heavy atom. The second kappa shape index (κ2) is 6.77. The molecule has 1 aromatic carbocycles. The number of hydrogen-bond donors (Lipinski definition) is 0. The van der Waals surface area contributed by atoms with Crippen LogP contribution in [0, 0.1) is 13.8 Å². The summed E-state index contributed by atoms with van der Waals surface area (Å²) in [7, 11) is 2.10. The largest absolute Gasteiger partial charge is 0.333 e. The highest BCUT2D eigenvalue weighted by atomic mass is 16.2. The number of benzene rings is 1. The standard InChI is InChI=1S/C19H26N4O/c1-14-10-15(2)23(20-14)13-17-6-5-7-18(11-17)19(24)22-9-8-21(4)12-16(22)3/h5-7,10-11,16H,8-9,12-13H2,1-4H3/t16-/m0/s1. The van der Waals surface area contributed by atoms with Crippen molar-refractivity contribution in [2.24, 2.45) is 0 Å². The second-order valence-electron chi connectivity index (χ2n) is 6.89. The minimum Gasteiger partial charge on any atom is -0.333 e. The molecule has 0 bridgehead atoms. The Labute approximate surface area is 143 Å². The highest BCUT2D eigenvalue weighted by molar-refractivity contribution is 5.94. The predicted molar refractivity (Wildman–Crippen MR) is 95.2 cm³/mol. The normalized spacial score (nSPS) is 18.8. The van der Waals surface area contributed by atoms with Gasteiger partial charge in [-0.2, -0.15) is 5.10 Å². The number of amides is 1. The maximum absolute atomic E-state index is 12.9. The van der Waals surface area contributed by atoms with Crippen molar-refractivity contribution in [1.29, 1.82) is 0 Å². The molecule has 1 aliphatic heterocycles. The van der Waals surface area contributed by atoms with Crippen LogP contribution >= 0.6 is 0 Å². The zero-order valence-corrected chi connectivity index (χ0v) is 15.0. The van der Waals surface area contributed by atoms with Crippen LogP contribution < -0.4 is 0 Å². The summed E-state index contributed by atoms with van der Waals surface area (Å²) < 4.78 is 1.98. The fourth-order valence-corrected chi connectivity index (χ4v) is 3.42. The summed E-state index contributed by atoms with van der Waals surface area (Å²) in [5, 5.41) is 4.51. The first-order valence-corrected chi connectivity index (χ1v) is 8.53. The Bertz CT molecular complexity index is 737. The summed E-state index contributed by atoms with van der Waals surface area (Å²) in [5.74, 6) is 0.130. The molecule has 2 aromatic rings. The Morgan fingerprint density at radius 2 is 2.04 bits per heavy atom. The molecule has 2 heterocycles. The van der Waals surface area contributed by atoms with E-state index in [1.54, 1.807) is 0 Å². The Kier molecular flexibility index (Phi) is 4.71. The molecule has 1 aromatic heterocycles. The van der Waals surface area contributed by atoms with Gasteiger partial charge in [0.15, 0.2) is 0 Å². The van der Waals surface area contributed by atoms with E-state index in [9.17, 15) is 4.79 Å². The van der Waals surface area contributed by atoms with E-state index in [0.29, 0.717) is 6.54 Å². The molecule has 0 radical (unpaired) electrons. The Hall–Kier alpha value is -2.14. The van der Waals surface area contributed by atoms with Gasteiger partial charge in [0.25, 0.3) is 5.91 Å². The maximum atomic E-state index is 12.9. The lowest BCUT2D eigenvalue weighted by atomic mass is 10.1. The monoisotopic (exact) mass is 326 g/mol. The molecule has 1 atom stereocenters. The highest BCUT2D eigenvalue weighted by Gasteiger charge is 2.26. The number of nitrogens with zero attached hydrogens (tertiary/aromatic N) is 4. The van der Waals surface area contributed by atoms with E-state index in [4.69, 9.17) is 0 Å². The molecule has 1 saturated heterocycles. The van der Waals surface area contributed by atoms with Crippen LogP contribution in [0.5, 0.6) is 0 Å². The van der Waals surface area contributed by atoms with Crippen LogP contribution in [0.25, 0.3) is 0 Å². The molecule has 5 heteroatoms. The van der Waals surface area contributed by atoms with E-state index < -0.39 is 0 Å². The molecular weight excluding hydrogens is 300 g/mol. The van der Waals surface area contributed by atoms with Gasteiger partial charge in [-0.3, -0.25) is 9.48 Å². The molecule has 1 fully saturated rings. The third-order valence-electron chi connectivity index (χ3n) is 4.70. The van der Waals surface area contributed by atoms with E-state index in [-0.39, 0.29) is 11.9 Å². The number of carbonyl (C=O) groups is 1. The number of likely N-dealkylation sites (N-methyl/N-ethyl adjacent to an activating group) is 1. The molecule has 5 nitrogen and oxygen atoms in total. The molecule has 128 valence electrons. The van der Waals surface area contributed by atoms with Gasteiger partial charge in [-0.25, -0.2) is 0 Å². The van der Waals surface area contributed by atoms with Crippen LogP contribution in [0.15, 0.2) is 30.3 Å². The average molecular weight is 326 g/mol. The van der Waals surface area contributed by atoms with Gasteiger partial charge in [-0.1, -0.05) is 12.1 Å². The van der Waals surface area contributed by atoms with Crippen molar-refractivity contribution < 1.29 is 4.79 Å². The molecule has 3 rings (SSSR count). The van der Waals surface area contributed by atoms with Crippen molar-refractivity contribution in [3.05, 3.63) is 52.8 Å². The van der Waals surface area contributed by atoms with E-state index in [1.807, 2.05) is 34.7 Å². The first kappa shape index (κ1) is 16.7.